The van der Waals surface area contributed by atoms with Crippen LogP contribution < -0.4 is 4.72 Å². The van der Waals surface area contributed by atoms with Crippen LogP contribution >= 0.6 is 12.2 Å². The van der Waals surface area contributed by atoms with E-state index in [-0.39, 0.29) is 6.04 Å². The minimum Gasteiger partial charge on any atom is -0.295 e. The third-order valence-electron chi connectivity index (χ3n) is 1.99. The van der Waals surface area contributed by atoms with Gasteiger partial charge in [-0.3, -0.25) is 4.90 Å². The van der Waals surface area contributed by atoms with Crippen molar-refractivity contribution in [3.63, 3.8) is 0 Å². The fourth-order valence-corrected chi connectivity index (χ4v) is 1.93. The number of nitrogens with one attached hydrogen (secondary N) is 1. The Morgan fingerprint density at radius 3 is 2.21 bits per heavy atom. The molecule has 0 aromatic heterocycles. The number of hydrogen-bond acceptors (Lipinski definition) is 4. The molecule has 1 atom stereocenters. The van der Waals surface area contributed by atoms with Gasteiger partial charge in [-0.2, -0.15) is 0 Å². The molecule has 0 saturated heterocycles. The summed E-state index contributed by atoms with van der Waals surface area (Å²) >= 11 is 4.87. The first-order valence-corrected chi connectivity index (χ1v) is 6.94. The Hall–Kier alpha value is -0.0400. The minimum absolute atomic E-state index is 0.00488. The van der Waals surface area contributed by atoms with Crippen molar-refractivity contribution in [3.8, 4) is 0 Å². The molecule has 0 aliphatic carbocycles. The van der Waals surface area contributed by atoms with Crippen molar-refractivity contribution in [2.75, 3.05) is 25.9 Å². The first kappa shape index (κ1) is 14.0. The lowest BCUT2D eigenvalue weighted by Crippen LogP contribution is -2.44. The Balaban J connectivity index is 4.22. The third-order valence-corrected chi connectivity index (χ3v) is 3.00. The average molecular weight is 238 g/mol. The van der Waals surface area contributed by atoms with Gasteiger partial charge in [0.15, 0.2) is 0 Å². The van der Waals surface area contributed by atoms with Crippen molar-refractivity contribution in [1.82, 2.24) is 9.62 Å². The molecule has 0 bridgehead atoms. The normalized spacial score (nSPS) is 14.3. The second-order valence-electron chi connectivity index (χ2n) is 3.05. The van der Waals surface area contributed by atoms with E-state index in [0.717, 1.165) is 19.3 Å². The van der Waals surface area contributed by atoms with Gasteiger partial charge in [0.1, 0.15) is 0 Å². The van der Waals surface area contributed by atoms with E-state index < -0.39 is 10.0 Å². The number of rotatable bonds is 7. The molecule has 0 heterocycles. The zero-order chi connectivity index (χ0) is 11.2. The number of nitrogens with zero attached hydrogens (tertiary/aromatic N) is 1. The minimum atomic E-state index is -3.12. The van der Waals surface area contributed by atoms with Gasteiger partial charge in [-0.05, 0) is 18.5 Å². The highest BCUT2D eigenvalue weighted by atomic mass is 32.2. The summed E-state index contributed by atoms with van der Waals surface area (Å²) in [6.07, 6.45) is 1.15. The van der Waals surface area contributed by atoms with E-state index in [1.165, 1.54) is 0 Å². The highest BCUT2D eigenvalue weighted by molar-refractivity contribution is 7.88. The molecule has 6 heteroatoms. The Morgan fingerprint density at radius 1 is 1.43 bits per heavy atom. The van der Waals surface area contributed by atoms with E-state index in [1.54, 1.807) is 5.37 Å². The van der Waals surface area contributed by atoms with Crippen LogP contribution in [0, 0.1) is 0 Å². The smallest absolute Gasteiger partial charge is 0.208 e. The summed E-state index contributed by atoms with van der Waals surface area (Å²) < 4.78 is 24.2. The van der Waals surface area contributed by atoms with Gasteiger partial charge < -0.3 is 0 Å². The number of likely N-dealkylation sites (N-methyl/N-ethyl adjacent to an activating group) is 1. The summed E-state index contributed by atoms with van der Waals surface area (Å²) in [6, 6.07) is -0.00488. The second-order valence-corrected chi connectivity index (χ2v) is 5.15. The van der Waals surface area contributed by atoms with Crippen LogP contribution in [-0.2, 0) is 10.0 Å². The van der Waals surface area contributed by atoms with E-state index in [4.69, 9.17) is 12.2 Å². The van der Waals surface area contributed by atoms with Gasteiger partial charge in [-0.25, -0.2) is 13.1 Å². The molecule has 0 amide bonds. The molecule has 0 spiro atoms. The van der Waals surface area contributed by atoms with E-state index in [2.05, 4.69) is 9.62 Å². The van der Waals surface area contributed by atoms with Crippen LogP contribution in [-0.4, -0.2) is 50.6 Å². The maximum Gasteiger partial charge on any atom is 0.208 e. The van der Waals surface area contributed by atoms with E-state index in [9.17, 15) is 8.42 Å². The van der Waals surface area contributed by atoms with Gasteiger partial charge in [0.25, 0.3) is 0 Å². The second kappa shape index (κ2) is 6.44. The fourth-order valence-electron chi connectivity index (χ4n) is 1.19. The molecule has 4 nitrogen and oxygen atoms in total. The topological polar surface area (TPSA) is 49.4 Å². The Labute approximate surface area is 91.7 Å². The Kier molecular flexibility index (Phi) is 6.43. The molecule has 0 rings (SSSR count). The summed E-state index contributed by atoms with van der Waals surface area (Å²) in [7, 11) is -3.12. The molecular formula is C8H18N2O2S2. The van der Waals surface area contributed by atoms with E-state index >= 15 is 0 Å². The molecule has 0 fully saturated rings. The predicted molar refractivity (Wildman–Crippen MR) is 63.2 cm³/mol. The van der Waals surface area contributed by atoms with Gasteiger partial charge in [-0.1, -0.05) is 26.1 Å². The summed E-state index contributed by atoms with van der Waals surface area (Å²) in [6.45, 7) is 6.12. The average Bonchev–Trinajstić information content (AvgIpc) is 2.10. The van der Waals surface area contributed by atoms with Crippen molar-refractivity contribution in [2.24, 2.45) is 0 Å². The zero-order valence-electron chi connectivity index (χ0n) is 8.86. The van der Waals surface area contributed by atoms with E-state index in [0.29, 0.717) is 6.54 Å². The maximum absolute atomic E-state index is 10.9. The van der Waals surface area contributed by atoms with Crippen LogP contribution in [0.2, 0.25) is 0 Å². The van der Waals surface area contributed by atoms with Gasteiger partial charge in [-0.15, -0.1) is 0 Å². The summed E-state index contributed by atoms with van der Waals surface area (Å²) in [5.41, 5.74) is 0. The van der Waals surface area contributed by atoms with Crippen molar-refractivity contribution >= 4 is 27.6 Å². The van der Waals surface area contributed by atoms with Crippen LogP contribution in [0.3, 0.4) is 0 Å². The summed E-state index contributed by atoms with van der Waals surface area (Å²) in [5, 5.41) is 1.60. The molecular weight excluding hydrogens is 220 g/mol. The zero-order valence-corrected chi connectivity index (χ0v) is 10.5. The third kappa shape index (κ3) is 5.64. The monoisotopic (exact) mass is 238 g/mol. The van der Waals surface area contributed by atoms with Gasteiger partial charge in [0.05, 0.1) is 12.3 Å². The molecule has 0 aliphatic heterocycles. The van der Waals surface area contributed by atoms with Crippen molar-refractivity contribution in [2.45, 2.75) is 19.9 Å². The fraction of sp³-hybridized carbons (Fsp3) is 0.875. The first-order valence-electron chi connectivity index (χ1n) is 4.58. The van der Waals surface area contributed by atoms with Crippen molar-refractivity contribution < 1.29 is 8.42 Å². The molecule has 84 valence electrons. The lowest BCUT2D eigenvalue weighted by Gasteiger charge is -2.26. The highest BCUT2D eigenvalue weighted by Gasteiger charge is 2.14. The van der Waals surface area contributed by atoms with Crippen molar-refractivity contribution in [3.05, 3.63) is 0 Å². The lowest BCUT2D eigenvalue weighted by molar-refractivity contribution is 0.273. The molecule has 14 heavy (non-hydrogen) atoms. The Bertz CT molecular complexity index is 261. The largest absolute Gasteiger partial charge is 0.295 e. The van der Waals surface area contributed by atoms with Crippen LogP contribution in [0.1, 0.15) is 13.8 Å². The predicted octanol–water partition coefficient (Wildman–Crippen LogP) is 0.246. The van der Waals surface area contributed by atoms with Crippen LogP contribution in [0.4, 0.5) is 0 Å². The van der Waals surface area contributed by atoms with Crippen LogP contribution in [0.25, 0.3) is 0 Å². The number of sulfonamides is 1. The first-order chi connectivity index (χ1) is 6.44. The summed E-state index contributed by atoms with van der Waals surface area (Å²) in [5.74, 6) is 0. The standard InChI is InChI=1S/C8H18N2O2S2/c1-4-10(5-2)8(7-13)6-9-14(3,11)12/h7-9H,4-6H2,1-3H3. The molecule has 1 unspecified atom stereocenters. The SMILES string of the molecule is CCN(CC)C(C=S)CNS(C)(=O)=O. The maximum atomic E-state index is 10.9. The van der Waals surface area contributed by atoms with Gasteiger partial charge in [0.2, 0.25) is 10.0 Å². The molecule has 0 aliphatic rings. The summed E-state index contributed by atoms with van der Waals surface area (Å²) in [4.78, 5) is 2.10. The lowest BCUT2D eigenvalue weighted by atomic mass is 10.3. The molecule has 0 aromatic carbocycles. The molecule has 0 aromatic rings. The molecule has 1 N–H and O–H groups in total. The highest BCUT2D eigenvalue weighted by Crippen LogP contribution is 1.96. The van der Waals surface area contributed by atoms with Crippen molar-refractivity contribution in [1.29, 1.82) is 0 Å². The van der Waals surface area contributed by atoms with Gasteiger partial charge in [0, 0.05) is 6.54 Å². The Morgan fingerprint density at radius 2 is 1.93 bits per heavy atom. The van der Waals surface area contributed by atoms with E-state index in [1.807, 2.05) is 13.8 Å². The molecule has 0 radical (unpaired) electrons. The quantitative estimate of drug-likeness (QED) is 0.646. The number of thiocarbonyl (C=S) groups is 1. The number of hydrogen-bond donors (Lipinski definition) is 1. The van der Waals surface area contributed by atoms with Gasteiger partial charge >= 0.3 is 0 Å². The van der Waals surface area contributed by atoms with Crippen LogP contribution in [0.5, 0.6) is 0 Å². The molecule has 0 saturated carbocycles. The van der Waals surface area contributed by atoms with Crippen LogP contribution in [0.15, 0.2) is 0 Å².